The van der Waals surface area contributed by atoms with Crippen molar-refractivity contribution in [2.75, 3.05) is 12.3 Å². The Morgan fingerprint density at radius 2 is 1.95 bits per heavy atom. The molecule has 0 radical (unpaired) electrons. The van der Waals surface area contributed by atoms with Gasteiger partial charge in [0.15, 0.2) is 17.0 Å². The zero-order valence-corrected chi connectivity index (χ0v) is 13.6. The molecule has 0 aliphatic rings. The smallest absolute Gasteiger partial charge is 0.359 e. The van der Waals surface area contributed by atoms with Crippen LogP contribution in [0.15, 0.2) is 0 Å². The predicted octanol–water partition coefficient (Wildman–Crippen LogP) is 2.70. The van der Waals surface area contributed by atoms with Gasteiger partial charge in [0.2, 0.25) is 0 Å². The topological polar surface area (TPSA) is 94.3 Å². The Bertz CT molecular complexity index is 566. The molecule has 1 aromatic heterocycles. The number of aromatic nitrogens is 1. The second kappa shape index (κ2) is 7.68. The third-order valence-corrected chi connectivity index (χ3v) is 3.60. The second-order valence-electron chi connectivity index (χ2n) is 4.13. The Labute approximate surface area is 136 Å². The molecule has 0 aliphatic heterocycles. The molecule has 1 aromatic rings. The molecule has 1 atom stereocenters. The van der Waals surface area contributed by atoms with Gasteiger partial charge < -0.3 is 15.8 Å². The van der Waals surface area contributed by atoms with Crippen LogP contribution in [0.5, 0.6) is 0 Å². The zero-order chi connectivity index (χ0) is 16.2. The average molecular weight is 355 g/mol. The minimum atomic E-state index is -1.00. The summed E-state index contributed by atoms with van der Waals surface area (Å²) in [6.07, 6.45) is -0.235. The van der Waals surface area contributed by atoms with E-state index in [4.69, 9.17) is 45.3 Å². The van der Waals surface area contributed by atoms with E-state index in [0.717, 1.165) is 6.42 Å². The van der Waals surface area contributed by atoms with Gasteiger partial charge in [-0.15, -0.1) is 0 Å². The molecule has 1 rings (SSSR count). The van der Waals surface area contributed by atoms with Gasteiger partial charge in [0.1, 0.15) is 5.02 Å². The van der Waals surface area contributed by atoms with E-state index in [0.29, 0.717) is 6.54 Å². The lowest BCUT2D eigenvalue weighted by Crippen LogP contribution is -2.36. The van der Waals surface area contributed by atoms with Gasteiger partial charge in [0.05, 0.1) is 10.7 Å². The SMILES string of the molecule is CCCNC(=O)[C@@H](C)OC(=O)c1nc(Cl)c(Cl)c(N)c1Cl. The molecule has 1 heterocycles. The van der Waals surface area contributed by atoms with Gasteiger partial charge in [0.25, 0.3) is 5.91 Å². The van der Waals surface area contributed by atoms with Gasteiger partial charge in [-0.2, -0.15) is 0 Å². The minimum absolute atomic E-state index is 0.0491. The van der Waals surface area contributed by atoms with Crippen molar-refractivity contribution in [2.24, 2.45) is 0 Å². The van der Waals surface area contributed by atoms with Crippen molar-refractivity contribution in [1.82, 2.24) is 10.3 Å². The number of nitrogens with two attached hydrogens (primary N) is 1. The monoisotopic (exact) mass is 353 g/mol. The summed E-state index contributed by atoms with van der Waals surface area (Å²) in [5.74, 6) is -1.33. The third kappa shape index (κ3) is 4.36. The molecule has 9 heteroatoms. The van der Waals surface area contributed by atoms with Crippen LogP contribution in [0, 0.1) is 0 Å². The first-order valence-electron chi connectivity index (χ1n) is 6.08. The van der Waals surface area contributed by atoms with Crippen molar-refractivity contribution in [2.45, 2.75) is 26.4 Å². The first kappa shape index (κ1) is 17.8. The summed E-state index contributed by atoms with van der Waals surface area (Å²) in [5.41, 5.74) is 5.23. The van der Waals surface area contributed by atoms with Crippen LogP contribution in [-0.2, 0) is 9.53 Å². The summed E-state index contributed by atoms with van der Waals surface area (Å²) in [6.45, 7) is 3.82. The van der Waals surface area contributed by atoms with Crippen molar-refractivity contribution in [3.63, 3.8) is 0 Å². The molecule has 0 fully saturated rings. The van der Waals surface area contributed by atoms with E-state index in [1.54, 1.807) is 0 Å². The largest absolute Gasteiger partial charge is 0.448 e. The molecule has 0 spiro atoms. The molecular formula is C12H14Cl3N3O3. The highest BCUT2D eigenvalue weighted by molar-refractivity contribution is 6.46. The molecule has 21 heavy (non-hydrogen) atoms. The summed E-state index contributed by atoms with van der Waals surface area (Å²) in [6, 6.07) is 0. The van der Waals surface area contributed by atoms with Gasteiger partial charge in [-0.3, -0.25) is 4.79 Å². The fourth-order valence-electron chi connectivity index (χ4n) is 1.33. The Morgan fingerprint density at radius 3 is 2.52 bits per heavy atom. The molecule has 0 saturated heterocycles. The standard InChI is InChI=1S/C12H14Cl3N3O3/c1-3-4-17-11(19)5(2)21-12(20)9-6(13)8(16)7(14)10(15)18-9/h5H,3-4H2,1-2H3,(H2,16,18)(H,17,19)/t5-/m1/s1. The number of pyridine rings is 1. The number of hydrogen-bond donors (Lipinski definition) is 2. The molecule has 0 saturated carbocycles. The highest BCUT2D eigenvalue weighted by Gasteiger charge is 2.24. The fourth-order valence-corrected chi connectivity index (χ4v) is 1.91. The molecule has 6 nitrogen and oxygen atoms in total. The van der Waals surface area contributed by atoms with E-state index in [1.807, 2.05) is 6.92 Å². The normalized spacial score (nSPS) is 11.9. The lowest BCUT2D eigenvalue weighted by Gasteiger charge is -2.14. The summed E-state index contributed by atoms with van der Waals surface area (Å²) in [5, 5.41) is 2.20. The molecule has 0 unspecified atom stereocenters. The number of anilines is 1. The first-order chi connectivity index (χ1) is 9.79. The van der Waals surface area contributed by atoms with E-state index in [2.05, 4.69) is 10.3 Å². The molecule has 1 amide bonds. The number of ether oxygens (including phenoxy) is 1. The average Bonchev–Trinajstić information content (AvgIpc) is 2.45. The van der Waals surface area contributed by atoms with Crippen molar-refractivity contribution in [3.05, 3.63) is 20.9 Å². The molecule has 0 aliphatic carbocycles. The lowest BCUT2D eigenvalue weighted by atomic mass is 10.3. The van der Waals surface area contributed by atoms with Crippen LogP contribution >= 0.6 is 34.8 Å². The van der Waals surface area contributed by atoms with Gasteiger partial charge >= 0.3 is 5.97 Å². The molecule has 116 valence electrons. The molecule has 3 N–H and O–H groups in total. The molecule has 0 aromatic carbocycles. The van der Waals surface area contributed by atoms with Crippen molar-refractivity contribution >= 4 is 52.4 Å². The number of rotatable bonds is 5. The number of nitrogens with zero attached hydrogens (tertiary/aromatic N) is 1. The Kier molecular flexibility index (Phi) is 6.51. The highest BCUT2D eigenvalue weighted by Crippen LogP contribution is 2.34. The Balaban J connectivity index is 2.88. The van der Waals surface area contributed by atoms with E-state index < -0.39 is 18.0 Å². The van der Waals surface area contributed by atoms with Crippen molar-refractivity contribution in [1.29, 1.82) is 0 Å². The number of esters is 1. The number of halogens is 3. The Morgan fingerprint density at radius 1 is 1.33 bits per heavy atom. The van der Waals surface area contributed by atoms with E-state index in [-0.39, 0.29) is 26.6 Å². The van der Waals surface area contributed by atoms with Crippen LogP contribution in [0.2, 0.25) is 15.2 Å². The number of amides is 1. The van der Waals surface area contributed by atoms with E-state index in [9.17, 15) is 9.59 Å². The van der Waals surface area contributed by atoms with E-state index >= 15 is 0 Å². The number of hydrogen-bond acceptors (Lipinski definition) is 5. The zero-order valence-electron chi connectivity index (χ0n) is 11.4. The van der Waals surface area contributed by atoms with Crippen LogP contribution in [0.1, 0.15) is 30.8 Å². The maximum absolute atomic E-state index is 12.0. The van der Waals surface area contributed by atoms with Crippen LogP contribution in [0.3, 0.4) is 0 Å². The number of nitrogen functional groups attached to an aromatic ring is 1. The first-order valence-corrected chi connectivity index (χ1v) is 7.21. The van der Waals surface area contributed by atoms with Crippen molar-refractivity contribution in [3.8, 4) is 0 Å². The summed E-state index contributed by atoms with van der Waals surface area (Å²) in [4.78, 5) is 27.3. The molecular weight excluding hydrogens is 341 g/mol. The van der Waals surface area contributed by atoms with Crippen LogP contribution < -0.4 is 11.1 Å². The predicted molar refractivity (Wildman–Crippen MR) is 81.9 cm³/mol. The summed E-state index contributed by atoms with van der Waals surface area (Å²) in [7, 11) is 0. The lowest BCUT2D eigenvalue weighted by molar-refractivity contribution is -0.129. The maximum Gasteiger partial charge on any atom is 0.359 e. The van der Waals surface area contributed by atoms with Crippen LogP contribution in [-0.4, -0.2) is 29.5 Å². The van der Waals surface area contributed by atoms with E-state index in [1.165, 1.54) is 6.92 Å². The third-order valence-electron chi connectivity index (χ3n) is 2.47. The number of nitrogens with one attached hydrogen (secondary N) is 1. The van der Waals surface area contributed by atoms with Crippen molar-refractivity contribution < 1.29 is 14.3 Å². The van der Waals surface area contributed by atoms with Gasteiger partial charge in [-0.1, -0.05) is 41.7 Å². The maximum atomic E-state index is 12.0. The quantitative estimate of drug-likeness (QED) is 0.626. The fraction of sp³-hybridized carbons (Fsp3) is 0.417. The van der Waals surface area contributed by atoms with Gasteiger partial charge in [0, 0.05) is 6.54 Å². The van der Waals surface area contributed by atoms with Crippen LogP contribution in [0.25, 0.3) is 0 Å². The number of carbonyl (C=O) groups is 2. The minimum Gasteiger partial charge on any atom is -0.448 e. The number of carbonyl (C=O) groups excluding carboxylic acids is 2. The van der Waals surface area contributed by atoms with Gasteiger partial charge in [-0.25, -0.2) is 9.78 Å². The van der Waals surface area contributed by atoms with Crippen LogP contribution in [0.4, 0.5) is 5.69 Å². The summed E-state index contributed by atoms with van der Waals surface area (Å²) < 4.78 is 4.97. The summed E-state index contributed by atoms with van der Waals surface area (Å²) >= 11 is 17.4. The van der Waals surface area contributed by atoms with Gasteiger partial charge in [-0.05, 0) is 13.3 Å². The highest BCUT2D eigenvalue weighted by atomic mass is 35.5. The Hall–Kier alpha value is -1.24. The molecule has 0 bridgehead atoms. The second-order valence-corrected chi connectivity index (χ2v) is 5.25.